The lowest BCUT2D eigenvalue weighted by Gasteiger charge is -2.10. The minimum absolute atomic E-state index is 0. The van der Waals surface area contributed by atoms with Crippen LogP contribution in [0.4, 0.5) is 0 Å². The Balaban J connectivity index is 0.00000264. The first kappa shape index (κ1) is 18.9. The minimum Gasteiger partial charge on any atom is -0.497 e. The third kappa shape index (κ3) is 5.22. The number of halogens is 1. The lowest BCUT2D eigenvalue weighted by molar-refractivity contribution is -0.124. The topological polar surface area (TPSA) is 91.9 Å². The molecule has 0 spiro atoms. The Hall–Kier alpha value is -2.12. The molecule has 0 aliphatic heterocycles. The molecule has 3 N–H and O–H groups in total. The van der Waals surface area contributed by atoms with Crippen LogP contribution in [0, 0.1) is 5.92 Å². The standard InChI is InChI=1S/C15H21N5O2.ClH/c1-10(8-16-2)15(21)17-9-13-18-14(20-19-13)11-4-6-12(22-3)7-5-11;/h4-7,10,16H,8-9H2,1-3H3,(H,17,21)(H,18,19,20);1H. The van der Waals surface area contributed by atoms with Gasteiger partial charge in [-0.2, -0.15) is 5.10 Å². The van der Waals surface area contributed by atoms with E-state index in [-0.39, 0.29) is 24.2 Å². The summed E-state index contributed by atoms with van der Waals surface area (Å²) in [6.07, 6.45) is 0. The molecule has 1 unspecified atom stereocenters. The van der Waals surface area contributed by atoms with E-state index in [1.165, 1.54) is 0 Å². The number of nitrogens with zero attached hydrogens (tertiary/aromatic N) is 2. The van der Waals surface area contributed by atoms with Gasteiger partial charge in [0.25, 0.3) is 0 Å². The molecule has 2 aromatic rings. The normalized spacial score (nSPS) is 11.4. The number of benzene rings is 1. The first-order chi connectivity index (χ1) is 10.6. The number of nitrogens with one attached hydrogen (secondary N) is 3. The molecule has 1 amide bonds. The monoisotopic (exact) mass is 339 g/mol. The van der Waals surface area contributed by atoms with Gasteiger partial charge in [0.15, 0.2) is 5.82 Å². The Bertz CT molecular complexity index is 615. The van der Waals surface area contributed by atoms with Crippen molar-refractivity contribution in [2.75, 3.05) is 20.7 Å². The highest BCUT2D eigenvalue weighted by Crippen LogP contribution is 2.18. The van der Waals surface area contributed by atoms with Crippen LogP contribution in [0.1, 0.15) is 12.7 Å². The fourth-order valence-electron chi connectivity index (χ4n) is 1.99. The molecule has 0 saturated heterocycles. The van der Waals surface area contributed by atoms with Gasteiger partial charge >= 0.3 is 0 Å². The number of aromatic amines is 1. The minimum atomic E-state index is -0.0889. The van der Waals surface area contributed by atoms with Gasteiger partial charge in [-0.25, -0.2) is 4.98 Å². The van der Waals surface area contributed by atoms with Crippen LogP contribution in [0.2, 0.25) is 0 Å². The lowest BCUT2D eigenvalue weighted by Crippen LogP contribution is -2.34. The second-order valence-corrected chi connectivity index (χ2v) is 5.01. The number of rotatable bonds is 7. The highest BCUT2D eigenvalue weighted by atomic mass is 35.5. The SMILES string of the molecule is CNCC(C)C(=O)NCc1nc(-c2ccc(OC)cc2)n[nH]1.Cl. The van der Waals surface area contributed by atoms with Crippen molar-refractivity contribution in [3.8, 4) is 17.1 Å². The second kappa shape index (κ2) is 9.12. The summed E-state index contributed by atoms with van der Waals surface area (Å²) in [5.74, 6) is 1.89. The van der Waals surface area contributed by atoms with Gasteiger partial charge in [-0.3, -0.25) is 9.89 Å². The predicted octanol–water partition coefficient (Wildman–Crippen LogP) is 1.37. The zero-order valence-corrected chi connectivity index (χ0v) is 14.2. The van der Waals surface area contributed by atoms with E-state index in [2.05, 4.69) is 25.8 Å². The summed E-state index contributed by atoms with van der Waals surface area (Å²) in [4.78, 5) is 16.2. The summed E-state index contributed by atoms with van der Waals surface area (Å²) in [6.45, 7) is 2.84. The summed E-state index contributed by atoms with van der Waals surface area (Å²) >= 11 is 0. The molecule has 1 atom stereocenters. The molecule has 2 rings (SSSR count). The van der Waals surface area contributed by atoms with Gasteiger partial charge in [0.1, 0.15) is 11.6 Å². The Morgan fingerprint density at radius 1 is 1.35 bits per heavy atom. The number of H-pyrrole nitrogens is 1. The van der Waals surface area contributed by atoms with Crippen LogP contribution in [-0.4, -0.2) is 41.8 Å². The average Bonchev–Trinajstić information content (AvgIpc) is 3.02. The van der Waals surface area contributed by atoms with E-state index < -0.39 is 0 Å². The molecule has 0 aliphatic carbocycles. The number of hydrogen-bond donors (Lipinski definition) is 3. The molecular formula is C15H22ClN5O2. The van der Waals surface area contributed by atoms with Crippen molar-refractivity contribution >= 4 is 18.3 Å². The van der Waals surface area contributed by atoms with Gasteiger partial charge in [-0.15, -0.1) is 12.4 Å². The highest BCUT2D eigenvalue weighted by molar-refractivity contribution is 5.85. The average molecular weight is 340 g/mol. The van der Waals surface area contributed by atoms with Gasteiger partial charge in [0, 0.05) is 18.0 Å². The molecule has 23 heavy (non-hydrogen) atoms. The van der Waals surface area contributed by atoms with Gasteiger partial charge in [0.05, 0.1) is 13.7 Å². The fourth-order valence-corrected chi connectivity index (χ4v) is 1.99. The van der Waals surface area contributed by atoms with Crippen molar-refractivity contribution in [2.45, 2.75) is 13.5 Å². The highest BCUT2D eigenvalue weighted by Gasteiger charge is 2.12. The molecule has 1 aromatic carbocycles. The Labute approximate surface area is 141 Å². The molecule has 0 radical (unpaired) electrons. The van der Waals surface area contributed by atoms with Crippen molar-refractivity contribution in [3.63, 3.8) is 0 Å². The van der Waals surface area contributed by atoms with Gasteiger partial charge in [-0.05, 0) is 31.3 Å². The number of amides is 1. The molecule has 126 valence electrons. The maximum absolute atomic E-state index is 11.8. The number of ether oxygens (including phenoxy) is 1. The number of hydrogen-bond acceptors (Lipinski definition) is 5. The molecule has 0 saturated carbocycles. The summed E-state index contributed by atoms with van der Waals surface area (Å²) in [5, 5.41) is 12.8. The third-order valence-corrected chi connectivity index (χ3v) is 3.27. The summed E-state index contributed by atoms with van der Waals surface area (Å²) < 4.78 is 5.12. The molecular weight excluding hydrogens is 318 g/mol. The van der Waals surface area contributed by atoms with E-state index in [0.29, 0.717) is 24.7 Å². The van der Waals surface area contributed by atoms with Crippen LogP contribution >= 0.6 is 12.4 Å². The fraction of sp³-hybridized carbons (Fsp3) is 0.400. The van der Waals surface area contributed by atoms with E-state index in [9.17, 15) is 4.79 Å². The largest absolute Gasteiger partial charge is 0.497 e. The smallest absolute Gasteiger partial charge is 0.224 e. The van der Waals surface area contributed by atoms with Crippen LogP contribution < -0.4 is 15.4 Å². The Morgan fingerprint density at radius 2 is 2.04 bits per heavy atom. The summed E-state index contributed by atoms with van der Waals surface area (Å²) in [7, 11) is 3.44. The molecule has 0 aliphatic rings. The lowest BCUT2D eigenvalue weighted by atomic mass is 10.1. The number of aromatic nitrogens is 3. The van der Waals surface area contributed by atoms with Crippen molar-refractivity contribution in [1.82, 2.24) is 25.8 Å². The van der Waals surface area contributed by atoms with E-state index in [1.807, 2.05) is 38.2 Å². The molecule has 1 aromatic heterocycles. The van der Waals surface area contributed by atoms with Crippen LogP contribution in [0.25, 0.3) is 11.4 Å². The van der Waals surface area contributed by atoms with Crippen molar-refractivity contribution < 1.29 is 9.53 Å². The van der Waals surface area contributed by atoms with E-state index in [0.717, 1.165) is 11.3 Å². The number of carbonyl (C=O) groups excluding carboxylic acids is 1. The zero-order valence-electron chi connectivity index (χ0n) is 13.4. The van der Waals surface area contributed by atoms with E-state index >= 15 is 0 Å². The first-order valence-corrected chi connectivity index (χ1v) is 7.12. The summed E-state index contributed by atoms with van der Waals surface area (Å²) in [5.41, 5.74) is 0.887. The van der Waals surface area contributed by atoms with Gasteiger partial charge < -0.3 is 15.4 Å². The van der Waals surface area contributed by atoms with Gasteiger partial charge in [-0.1, -0.05) is 6.92 Å². The van der Waals surface area contributed by atoms with E-state index in [1.54, 1.807) is 7.11 Å². The number of carbonyl (C=O) groups is 1. The first-order valence-electron chi connectivity index (χ1n) is 7.12. The zero-order chi connectivity index (χ0) is 15.9. The van der Waals surface area contributed by atoms with Crippen LogP contribution in [-0.2, 0) is 11.3 Å². The molecule has 0 fully saturated rings. The van der Waals surface area contributed by atoms with Crippen LogP contribution in [0.5, 0.6) is 5.75 Å². The molecule has 8 heteroatoms. The quantitative estimate of drug-likeness (QED) is 0.708. The Kier molecular flexibility index (Phi) is 7.50. The van der Waals surface area contributed by atoms with E-state index in [4.69, 9.17) is 4.74 Å². The Morgan fingerprint density at radius 3 is 2.65 bits per heavy atom. The van der Waals surface area contributed by atoms with Crippen molar-refractivity contribution in [1.29, 1.82) is 0 Å². The van der Waals surface area contributed by atoms with Crippen LogP contribution in [0.3, 0.4) is 0 Å². The maximum atomic E-state index is 11.8. The van der Waals surface area contributed by atoms with Crippen molar-refractivity contribution in [2.24, 2.45) is 5.92 Å². The third-order valence-electron chi connectivity index (χ3n) is 3.27. The van der Waals surface area contributed by atoms with Crippen LogP contribution in [0.15, 0.2) is 24.3 Å². The predicted molar refractivity (Wildman–Crippen MR) is 90.6 cm³/mol. The molecule has 1 heterocycles. The number of methoxy groups -OCH3 is 1. The molecule has 7 nitrogen and oxygen atoms in total. The second-order valence-electron chi connectivity index (χ2n) is 5.01. The van der Waals surface area contributed by atoms with Gasteiger partial charge in [0.2, 0.25) is 5.91 Å². The maximum Gasteiger partial charge on any atom is 0.224 e. The summed E-state index contributed by atoms with van der Waals surface area (Å²) in [6, 6.07) is 7.48. The van der Waals surface area contributed by atoms with Crippen molar-refractivity contribution in [3.05, 3.63) is 30.1 Å². The molecule has 0 bridgehead atoms.